The van der Waals surface area contributed by atoms with Gasteiger partial charge in [-0.2, -0.15) is 0 Å². The average Bonchev–Trinajstić information content (AvgIpc) is 3.34. The van der Waals surface area contributed by atoms with Gasteiger partial charge in [-0.15, -0.1) is 0 Å². The molecule has 5 heteroatoms. The Hall–Kier alpha value is -1.52. The van der Waals surface area contributed by atoms with Crippen molar-refractivity contribution in [3.05, 3.63) is 59.7 Å². The van der Waals surface area contributed by atoms with E-state index in [-0.39, 0.29) is 23.0 Å². The van der Waals surface area contributed by atoms with E-state index in [1.54, 1.807) is 0 Å². The summed E-state index contributed by atoms with van der Waals surface area (Å²) in [5.41, 5.74) is 3.06. The molecule has 2 aromatic carbocycles. The van der Waals surface area contributed by atoms with Crippen LogP contribution in [0.3, 0.4) is 0 Å². The predicted molar refractivity (Wildman–Crippen MR) is 148 cm³/mol. The van der Waals surface area contributed by atoms with Crippen molar-refractivity contribution in [3.8, 4) is 11.5 Å². The fourth-order valence-electron chi connectivity index (χ4n) is 4.81. The van der Waals surface area contributed by atoms with Crippen LogP contribution in [0, 0.1) is 0 Å². The van der Waals surface area contributed by atoms with Gasteiger partial charge in [-0.25, -0.2) is 0 Å². The molecule has 36 heavy (non-hydrogen) atoms. The molecule has 0 aliphatic carbocycles. The van der Waals surface area contributed by atoms with Crippen molar-refractivity contribution >= 4 is 15.0 Å². The summed E-state index contributed by atoms with van der Waals surface area (Å²) < 4.78 is 25.3. The number of fused-ring (bicyclic) bond motifs is 1. The minimum absolute atomic E-state index is 0.0552. The summed E-state index contributed by atoms with van der Waals surface area (Å²) in [6.45, 7) is 18.9. The molecule has 2 aromatic rings. The number of ether oxygens (including phenoxy) is 4. The van der Waals surface area contributed by atoms with Gasteiger partial charge >= 0.3 is 225 Å². The standard InChI is InChI=1S/C31H44O4Se/c1-9-29(3,4)21-11-15-23(16-12-21)32-19-25-27-28(35-31(7,8)34-27)26(36-25)20-33-24-17-13-22(14-18-24)30(5,6)10-2/h11-18,25-28H,9-10,19-20H2,1-8H3/t25-,26-,27+,28+/m0/s1. The van der Waals surface area contributed by atoms with Gasteiger partial charge in [0.05, 0.1) is 0 Å². The van der Waals surface area contributed by atoms with Crippen LogP contribution in [0.15, 0.2) is 48.5 Å². The first-order valence-electron chi connectivity index (χ1n) is 13.4. The van der Waals surface area contributed by atoms with E-state index < -0.39 is 5.79 Å². The van der Waals surface area contributed by atoms with Crippen molar-refractivity contribution < 1.29 is 18.9 Å². The van der Waals surface area contributed by atoms with E-state index >= 15 is 0 Å². The van der Waals surface area contributed by atoms with Gasteiger partial charge in [-0.3, -0.25) is 0 Å². The van der Waals surface area contributed by atoms with Gasteiger partial charge in [-0.05, 0) is 0 Å². The van der Waals surface area contributed by atoms with Gasteiger partial charge in [0, 0.05) is 0 Å². The Morgan fingerprint density at radius 2 is 1.06 bits per heavy atom. The molecule has 2 heterocycles. The molecular formula is C31H44O4Se. The molecular weight excluding hydrogens is 515 g/mol. The van der Waals surface area contributed by atoms with Crippen LogP contribution in [0.5, 0.6) is 11.5 Å². The van der Waals surface area contributed by atoms with E-state index in [9.17, 15) is 0 Å². The van der Waals surface area contributed by atoms with Gasteiger partial charge < -0.3 is 0 Å². The Kier molecular flexibility index (Phi) is 8.17. The molecule has 0 aromatic heterocycles. The first-order chi connectivity index (χ1) is 16.9. The zero-order valence-corrected chi connectivity index (χ0v) is 25.0. The second-order valence-corrected chi connectivity index (χ2v) is 15.0. The third-order valence-corrected chi connectivity index (χ3v) is 11.3. The Balaban J connectivity index is 1.37. The predicted octanol–water partition coefficient (Wildman–Crippen LogP) is 7.33. The summed E-state index contributed by atoms with van der Waals surface area (Å²) in [7, 11) is 0. The van der Waals surface area contributed by atoms with Crippen LogP contribution in [0.4, 0.5) is 0 Å². The third-order valence-electron chi connectivity index (χ3n) is 8.11. The van der Waals surface area contributed by atoms with E-state index in [2.05, 4.69) is 90.1 Å². The molecule has 0 unspecified atom stereocenters. The van der Waals surface area contributed by atoms with Crippen molar-refractivity contribution in [1.82, 2.24) is 0 Å². The van der Waals surface area contributed by atoms with Crippen molar-refractivity contribution in [2.24, 2.45) is 0 Å². The molecule has 0 saturated carbocycles. The fourth-order valence-corrected chi connectivity index (χ4v) is 7.90. The maximum absolute atomic E-state index is 6.36. The Morgan fingerprint density at radius 3 is 1.39 bits per heavy atom. The van der Waals surface area contributed by atoms with E-state index in [1.807, 2.05) is 13.8 Å². The van der Waals surface area contributed by atoms with Gasteiger partial charge in [0.15, 0.2) is 0 Å². The summed E-state index contributed by atoms with van der Waals surface area (Å²) in [6, 6.07) is 17.2. The average molecular weight is 560 g/mol. The van der Waals surface area contributed by atoms with Gasteiger partial charge in [0.2, 0.25) is 0 Å². The summed E-state index contributed by atoms with van der Waals surface area (Å²) in [5.74, 6) is 1.28. The molecule has 2 aliphatic rings. The van der Waals surface area contributed by atoms with Crippen LogP contribution >= 0.6 is 0 Å². The molecule has 2 fully saturated rings. The van der Waals surface area contributed by atoms with Crippen molar-refractivity contribution in [1.29, 1.82) is 0 Å². The van der Waals surface area contributed by atoms with Crippen molar-refractivity contribution in [2.75, 3.05) is 13.2 Å². The Labute approximate surface area is 224 Å². The van der Waals surface area contributed by atoms with Crippen LogP contribution in [0.2, 0.25) is 9.63 Å². The number of benzene rings is 2. The molecule has 198 valence electrons. The monoisotopic (exact) mass is 560 g/mol. The second-order valence-electron chi connectivity index (χ2n) is 11.9. The van der Waals surface area contributed by atoms with Gasteiger partial charge in [0.25, 0.3) is 0 Å². The fraction of sp³-hybridized carbons (Fsp3) is 0.613. The first kappa shape index (κ1) is 27.5. The maximum atomic E-state index is 6.36. The molecule has 0 amide bonds. The van der Waals surface area contributed by atoms with E-state index in [0.717, 1.165) is 24.3 Å². The quantitative estimate of drug-likeness (QED) is 0.286. The molecule has 2 saturated heterocycles. The second kappa shape index (κ2) is 10.7. The van der Waals surface area contributed by atoms with E-state index in [4.69, 9.17) is 18.9 Å². The van der Waals surface area contributed by atoms with Crippen molar-refractivity contribution in [3.63, 3.8) is 0 Å². The van der Waals surface area contributed by atoms with Crippen LogP contribution in [-0.2, 0) is 20.3 Å². The summed E-state index contributed by atoms with van der Waals surface area (Å²) in [5, 5.41) is 0. The molecule has 0 N–H and O–H groups in total. The third kappa shape index (κ3) is 6.13. The topological polar surface area (TPSA) is 36.9 Å². The molecule has 0 spiro atoms. The van der Waals surface area contributed by atoms with Crippen molar-refractivity contribution in [2.45, 2.75) is 107 Å². The summed E-state index contributed by atoms with van der Waals surface area (Å²) >= 11 is 0.292. The molecule has 4 atom stereocenters. The SMILES string of the molecule is CCC(C)(C)c1ccc(OC[C@@H]2[Se][C@@H](COc3ccc(C(C)(C)CC)cc3)[C@H]3OC(C)(C)O[C@@H]32)cc1. The van der Waals surface area contributed by atoms with Crippen LogP contribution < -0.4 is 9.47 Å². The minimum atomic E-state index is -0.566. The summed E-state index contributed by atoms with van der Waals surface area (Å²) in [6.07, 6.45) is 2.33. The number of hydrogen-bond acceptors (Lipinski definition) is 4. The van der Waals surface area contributed by atoms with E-state index in [1.165, 1.54) is 11.1 Å². The molecule has 0 bridgehead atoms. The van der Waals surface area contributed by atoms with Gasteiger partial charge in [0.1, 0.15) is 0 Å². The van der Waals surface area contributed by atoms with Crippen LogP contribution in [0.1, 0.15) is 79.4 Å². The first-order valence-corrected chi connectivity index (χ1v) is 15.4. The molecule has 4 rings (SSSR count). The van der Waals surface area contributed by atoms with Crippen LogP contribution in [0.25, 0.3) is 0 Å². The molecule has 2 aliphatic heterocycles. The zero-order chi connectivity index (χ0) is 26.1. The van der Waals surface area contributed by atoms with Gasteiger partial charge in [-0.1, -0.05) is 0 Å². The molecule has 4 nitrogen and oxygen atoms in total. The zero-order valence-electron chi connectivity index (χ0n) is 23.3. The Morgan fingerprint density at radius 1 is 0.694 bits per heavy atom. The number of hydrogen-bond donors (Lipinski definition) is 0. The Bertz CT molecular complexity index is 917. The van der Waals surface area contributed by atoms with E-state index in [0.29, 0.717) is 37.8 Å². The summed E-state index contributed by atoms with van der Waals surface area (Å²) in [4.78, 5) is 0.662. The number of rotatable bonds is 10. The normalized spacial score (nSPS) is 25.6. The van der Waals surface area contributed by atoms with Crippen LogP contribution in [-0.4, -0.2) is 46.2 Å². The molecule has 0 radical (unpaired) electrons.